The number of halogens is 1. The number of likely N-dealkylation sites (N-methyl/N-ethyl adjacent to an activating group) is 1. The van der Waals surface area contributed by atoms with Gasteiger partial charge in [0.15, 0.2) is 5.82 Å². The molecule has 3 N–H and O–H groups in total. The molecular weight excluding hydrogens is 495 g/mol. The molecule has 1 aromatic heterocycles. The van der Waals surface area contributed by atoms with Crippen molar-refractivity contribution in [2.24, 2.45) is 0 Å². The third-order valence-corrected chi connectivity index (χ3v) is 6.26. The summed E-state index contributed by atoms with van der Waals surface area (Å²) in [4.78, 5) is 38.3. The Morgan fingerprint density at radius 2 is 1.83 bits per heavy atom. The zero-order valence-corrected chi connectivity index (χ0v) is 20.8. The monoisotopic (exact) mass is 520 g/mol. The van der Waals surface area contributed by atoms with E-state index in [0.29, 0.717) is 10.9 Å². The molecule has 0 radical (unpaired) electrons. The van der Waals surface area contributed by atoms with Crippen molar-refractivity contribution in [3.05, 3.63) is 69.3 Å². The van der Waals surface area contributed by atoms with Gasteiger partial charge in [0.05, 0.1) is 12.1 Å². The van der Waals surface area contributed by atoms with Gasteiger partial charge in [-0.2, -0.15) is 8.42 Å². The summed E-state index contributed by atoms with van der Waals surface area (Å²) in [5, 5.41) is 2.88. The van der Waals surface area contributed by atoms with E-state index in [1.54, 1.807) is 0 Å². The number of fused-ring (bicyclic) bond motifs is 1. The maximum Gasteiger partial charge on any atom is 0.414 e. The van der Waals surface area contributed by atoms with E-state index in [1.807, 2.05) is 4.72 Å². The molecule has 13 heteroatoms. The lowest BCUT2D eigenvalue weighted by molar-refractivity contribution is -0.119. The molecular formula is C23H25FN4O7S. The number of nitrogens with zero attached hydrogens (tertiary/aromatic N) is 1. The SMILES string of the molecule is CNC(=O)Cc1c(Cc2cccc(NS(=O)(=O)NC)c2F)c(=O)oc2cc(OC(=O)N(C)C)ccc12. The molecule has 0 unspecified atom stereocenters. The fourth-order valence-corrected chi connectivity index (χ4v) is 3.90. The summed E-state index contributed by atoms with van der Waals surface area (Å²) >= 11 is 0. The van der Waals surface area contributed by atoms with E-state index < -0.39 is 33.7 Å². The zero-order chi connectivity index (χ0) is 26.6. The van der Waals surface area contributed by atoms with E-state index in [4.69, 9.17) is 9.15 Å². The van der Waals surface area contributed by atoms with Crippen LogP contribution in [-0.2, 0) is 27.8 Å². The molecule has 3 rings (SSSR count). The average Bonchev–Trinajstić information content (AvgIpc) is 2.83. The summed E-state index contributed by atoms with van der Waals surface area (Å²) in [6.07, 6.45) is -1.12. The molecule has 0 aliphatic carbocycles. The zero-order valence-electron chi connectivity index (χ0n) is 20.0. The number of ether oxygens (including phenoxy) is 1. The number of carbonyl (C=O) groups excluding carboxylic acids is 2. The van der Waals surface area contributed by atoms with Crippen molar-refractivity contribution in [1.29, 1.82) is 0 Å². The second-order valence-electron chi connectivity index (χ2n) is 7.88. The second kappa shape index (κ2) is 10.7. The molecule has 0 atom stereocenters. The van der Waals surface area contributed by atoms with E-state index in [0.717, 1.165) is 0 Å². The Bertz CT molecular complexity index is 1490. The summed E-state index contributed by atoms with van der Waals surface area (Å²) < 4.78 is 53.5. The van der Waals surface area contributed by atoms with Gasteiger partial charge in [-0.15, -0.1) is 0 Å². The molecule has 2 aromatic carbocycles. The van der Waals surface area contributed by atoms with E-state index >= 15 is 4.39 Å². The molecule has 0 fully saturated rings. The van der Waals surface area contributed by atoms with E-state index in [9.17, 15) is 22.8 Å². The Balaban J connectivity index is 2.12. The molecule has 11 nitrogen and oxygen atoms in total. The summed E-state index contributed by atoms with van der Waals surface area (Å²) in [5.74, 6) is -1.16. The van der Waals surface area contributed by atoms with Gasteiger partial charge in [0.1, 0.15) is 11.3 Å². The number of rotatable bonds is 8. The molecule has 0 spiro atoms. The van der Waals surface area contributed by atoms with Crippen molar-refractivity contribution in [2.45, 2.75) is 12.8 Å². The minimum atomic E-state index is -3.98. The van der Waals surface area contributed by atoms with Gasteiger partial charge in [-0.05, 0) is 29.3 Å². The maximum absolute atomic E-state index is 15.2. The van der Waals surface area contributed by atoms with Crippen LogP contribution in [0.4, 0.5) is 14.9 Å². The first-order valence-corrected chi connectivity index (χ1v) is 12.1. The standard InChI is InChI=1S/C23H25FN4O7S/c1-25-20(29)12-16-15-9-8-14(34-23(31)28(3)4)11-19(15)35-22(30)17(16)10-13-6-5-7-18(21(13)24)27-36(32,33)26-2/h5-9,11,26-27H,10,12H2,1-4H3,(H,25,29). The highest BCUT2D eigenvalue weighted by molar-refractivity contribution is 7.90. The first-order chi connectivity index (χ1) is 17.0. The number of hydrogen-bond acceptors (Lipinski definition) is 7. The number of hydrogen-bond donors (Lipinski definition) is 3. The molecule has 0 aliphatic rings. The Morgan fingerprint density at radius 3 is 2.47 bits per heavy atom. The van der Waals surface area contributed by atoms with Gasteiger partial charge in [-0.25, -0.2) is 18.7 Å². The number of amides is 2. The van der Waals surface area contributed by atoms with Crippen molar-refractivity contribution in [2.75, 3.05) is 32.9 Å². The summed E-state index contributed by atoms with van der Waals surface area (Å²) in [7, 11) is 1.64. The molecule has 0 saturated carbocycles. The number of benzene rings is 2. The fourth-order valence-electron chi connectivity index (χ4n) is 3.35. The Morgan fingerprint density at radius 1 is 1.11 bits per heavy atom. The van der Waals surface area contributed by atoms with Crippen LogP contribution < -0.4 is 25.1 Å². The van der Waals surface area contributed by atoms with Gasteiger partial charge in [-0.3, -0.25) is 9.52 Å². The van der Waals surface area contributed by atoms with Crippen LogP contribution >= 0.6 is 0 Å². The highest BCUT2D eigenvalue weighted by Gasteiger charge is 2.21. The molecule has 0 bridgehead atoms. The van der Waals surface area contributed by atoms with Crippen molar-refractivity contribution in [3.63, 3.8) is 0 Å². The normalized spacial score (nSPS) is 11.2. The van der Waals surface area contributed by atoms with E-state index in [1.165, 1.54) is 69.5 Å². The molecule has 192 valence electrons. The van der Waals surface area contributed by atoms with Crippen LogP contribution in [0.2, 0.25) is 0 Å². The first-order valence-electron chi connectivity index (χ1n) is 10.6. The second-order valence-corrected chi connectivity index (χ2v) is 9.50. The Kier molecular flexibility index (Phi) is 7.95. The maximum atomic E-state index is 15.2. The molecule has 0 saturated heterocycles. The minimum absolute atomic E-state index is 0.00708. The average molecular weight is 521 g/mol. The predicted octanol–water partition coefficient (Wildman–Crippen LogP) is 1.75. The minimum Gasteiger partial charge on any atom is -0.422 e. The van der Waals surface area contributed by atoms with E-state index in [-0.39, 0.29) is 41.0 Å². The Hall–Kier alpha value is -3.97. The topological polar surface area (TPSA) is 147 Å². The molecule has 0 aliphatic heterocycles. The lowest BCUT2D eigenvalue weighted by Gasteiger charge is -2.15. The van der Waals surface area contributed by atoms with Crippen molar-refractivity contribution in [1.82, 2.24) is 14.9 Å². The first kappa shape index (κ1) is 26.6. The molecule has 1 heterocycles. The van der Waals surface area contributed by atoms with Crippen molar-refractivity contribution < 1.29 is 31.6 Å². The van der Waals surface area contributed by atoms with Gasteiger partial charge >= 0.3 is 11.7 Å². The van der Waals surface area contributed by atoms with Crippen LogP contribution in [0.1, 0.15) is 16.7 Å². The van der Waals surface area contributed by atoms with E-state index in [2.05, 4.69) is 10.0 Å². The number of anilines is 1. The fraction of sp³-hybridized carbons (Fsp3) is 0.261. The smallest absolute Gasteiger partial charge is 0.414 e. The molecule has 3 aromatic rings. The number of carbonyl (C=O) groups is 2. The lowest BCUT2D eigenvalue weighted by Crippen LogP contribution is -2.27. The van der Waals surface area contributed by atoms with Crippen LogP contribution in [0.15, 0.2) is 45.6 Å². The van der Waals surface area contributed by atoms with Crippen molar-refractivity contribution in [3.8, 4) is 5.75 Å². The molecule has 36 heavy (non-hydrogen) atoms. The lowest BCUT2D eigenvalue weighted by atomic mass is 9.95. The summed E-state index contributed by atoms with van der Waals surface area (Å²) in [5.41, 5.74) is -0.732. The third-order valence-electron chi connectivity index (χ3n) is 5.24. The van der Waals surface area contributed by atoms with Crippen LogP contribution in [-0.4, -0.2) is 53.5 Å². The van der Waals surface area contributed by atoms with Crippen LogP contribution in [0.25, 0.3) is 11.0 Å². The van der Waals surface area contributed by atoms with Gasteiger partial charge in [0.25, 0.3) is 10.2 Å². The van der Waals surface area contributed by atoms with Crippen LogP contribution in [0.3, 0.4) is 0 Å². The van der Waals surface area contributed by atoms with Gasteiger partial charge in [0, 0.05) is 51.6 Å². The van der Waals surface area contributed by atoms with Crippen LogP contribution in [0.5, 0.6) is 5.75 Å². The quantitative estimate of drug-likeness (QED) is 0.384. The molecule has 2 amide bonds. The highest BCUT2D eigenvalue weighted by atomic mass is 32.2. The van der Waals surface area contributed by atoms with Crippen LogP contribution in [0, 0.1) is 5.82 Å². The van der Waals surface area contributed by atoms with Gasteiger partial charge in [-0.1, -0.05) is 12.1 Å². The largest absolute Gasteiger partial charge is 0.422 e. The summed E-state index contributed by atoms with van der Waals surface area (Å²) in [6.45, 7) is 0. The summed E-state index contributed by atoms with van der Waals surface area (Å²) in [6, 6.07) is 8.42. The van der Waals surface area contributed by atoms with Crippen molar-refractivity contribution >= 4 is 38.9 Å². The highest BCUT2D eigenvalue weighted by Crippen LogP contribution is 2.28. The van der Waals surface area contributed by atoms with Gasteiger partial charge in [0.2, 0.25) is 5.91 Å². The predicted molar refractivity (Wildman–Crippen MR) is 131 cm³/mol. The number of nitrogens with one attached hydrogen (secondary N) is 3. The Labute approximate surface area is 206 Å². The van der Waals surface area contributed by atoms with Gasteiger partial charge < -0.3 is 19.4 Å². The third kappa shape index (κ3) is 5.98.